The van der Waals surface area contributed by atoms with E-state index in [-0.39, 0.29) is 5.92 Å². The molecule has 0 spiro atoms. The highest BCUT2D eigenvalue weighted by molar-refractivity contribution is 5.69. The molecule has 2 aliphatic heterocycles. The largest absolute Gasteiger partial charge is 0.481 e. The van der Waals surface area contributed by atoms with E-state index in [4.69, 9.17) is 5.11 Å². The molecule has 2 aliphatic rings. The number of fused-ring (bicyclic) bond motifs is 2. The van der Waals surface area contributed by atoms with Crippen molar-refractivity contribution in [2.75, 3.05) is 13.6 Å². The summed E-state index contributed by atoms with van der Waals surface area (Å²) in [7, 11) is 2.24. The number of nitrogens with one attached hydrogen (secondary N) is 1. The van der Waals surface area contributed by atoms with Gasteiger partial charge < -0.3 is 15.3 Å². The lowest BCUT2D eigenvalue weighted by molar-refractivity contribution is -0.141. The predicted octanol–water partition coefficient (Wildman–Crippen LogP) is 1.31. The van der Waals surface area contributed by atoms with Crippen LogP contribution in [0, 0.1) is 5.92 Å². The highest BCUT2D eigenvalue weighted by Gasteiger charge is 2.35. The first-order valence-corrected chi connectivity index (χ1v) is 6.76. The van der Waals surface area contributed by atoms with Crippen molar-refractivity contribution in [2.45, 2.75) is 57.2 Å². The van der Waals surface area contributed by atoms with E-state index in [1.54, 1.807) is 6.92 Å². The maximum atomic E-state index is 10.8. The Morgan fingerprint density at radius 3 is 2.53 bits per heavy atom. The summed E-state index contributed by atoms with van der Waals surface area (Å²) in [5.41, 5.74) is 0. The molecule has 98 valence electrons. The standard InChI is InChI=1S/C13H24N2O2/c1-9(13(16)17)8-14-10-6-11-4-3-5-12(7-10)15(11)2/h9-12,14H,3-8H2,1-2H3,(H,16,17). The van der Waals surface area contributed by atoms with E-state index in [1.165, 1.54) is 32.1 Å². The van der Waals surface area contributed by atoms with Crippen molar-refractivity contribution in [2.24, 2.45) is 5.92 Å². The molecule has 4 nitrogen and oxygen atoms in total. The zero-order valence-corrected chi connectivity index (χ0v) is 10.9. The summed E-state index contributed by atoms with van der Waals surface area (Å²) < 4.78 is 0. The van der Waals surface area contributed by atoms with Crippen LogP contribution in [0.15, 0.2) is 0 Å². The third kappa shape index (κ3) is 2.99. The molecule has 3 unspecified atom stereocenters. The van der Waals surface area contributed by atoms with E-state index in [1.807, 2.05) is 0 Å². The molecular weight excluding hydrogens is 216 g/mol. The van der Waals surface area contributed by atoms with E-state index in [9.17, 15) is 4.79 Å². The van der Waals surface area contributed by atoms with E-state index >= 15 is 0 Å². The Labute approximate surface area is 103 Å². The van der Waals surface area contributed by atoms with Gasteiger partial charge in [0.15, 0.2) is 0 Å². The normalized spacial score (nSPS) is 35.5. The molecule has 4 heteroatoms. The lowest BCUT2D eigenvalue weighted by Crippen LogP contribution is -2.55. The van der Waals surface area contributed by atoms with Gasteiger partial charge in [-0.2, -0.15) is 0 Å². The van der Waals surface area contributed by atoms with Crippen molar-refractivity contribution >= 4 is 5.97 Å². The summed E-state index contributed by atoms with van der Waals surface area (Å²) in [4.78, 5) is 13.3. The first-order chi connectivity index (χ1) is 8.08. The van der Waals surface area contributed by atoms with E-state index in [0.717, 1.165) is 0 Å². The Balaban J connectivity index is 1.81. The first kappa shape index (κ1) is 12.8. The van der Waals surface area contributed by atoms with Crippen LogP contribution in [0.4, 0.5) is 0 Å². The third-order valence-electron chi connectivity index (χ3n) is 4.47. The molecule has 2 N–H and O–H groups in total. The number of rotatable bonds is 4. The molecule has 0 aromatic rings. The smallest absolute Gasteiger partial charge is 0.307 e. The minimum Gasteiger partial charge on any atom is -0.481 e. The Morgan fingerprint density at radius 2 is 2.00 bits per heavy atom. The fourth-order valence-electron chi connectivity index (χ4n) is 3.21. The molecule has 2 bridgehead atoms. The Morgan fingerprint density at radius 1 is 1.41 bits per heavy atom. The van der Waals surface area contributed by atoms with Crippen molar-refractivity contribution in [3.8, 4) is 0 Å². The molecule has 0 radical (unpaired) electrons. The second-order valence-corrected chi connectivity index (χ2v) is 5.72. The zero-order chi connectivity index (χ0) is 12.4. The Bertz CT molecular complexity index is 269. The van der Waals surface area contributed by atoms with Gasteiger partial charge in [-0.15, -0.1) is 0 Å². The average Bonchev–Trinajstić information content (AvgIpc) is 2.26. The van der Waals surface area contributed by atoms with Gasteiger partial charge in [-0.3, -0.25) is 4.79 Å². The molecule has 2 saturated heterocycles. The van der Waals surface area contributed by atoms with Gasteiger partial charge in [0, 0.05) is 24.7 Å². The van der Waals surface area contributed by atoms with Crippen LogP contribution in [-0.4, -0.2) is 47.7 Å². The number of nitrogens with zero attached hydrogens (tertiary/aromatic N) is 1. The summed E-state index contributed by atoms with van der Waals surface area (Å²) >= 11 is 0. The molecule has 2 rings (SSSR count). The Hall–Kier alpha value is -0.610. The molecule has 0 saturated carbocycles. The first-order valence-electron chi connectivity index (χ1n) is 6.76. The molecule has 0 aromatic heterocycles. The van der Waals surface area contributed by atoms with Crippen LogP contribution < -0.4 is 5.32 Å². The number of hydrogen-bond donors (Lipinski definition) is 2. The number of carbonyl (C=O) groups is 1. The Kier molecular flexibility index (Phi) is 4.05. The van der Waals surface area contributed by atoms with Gasteiger partial charge in [-0.1, -0.05) is 13.3 Å². The molecule has 2 fully saturated rings. The summed E-state index contributed by atoms with van der Waals surface area (Å²) in [6, 6.07) is 1.93. The zero-order valence-electron chi connectivity index (χ0n) is 10.9. The maximum absolute atomic E-state index is 10.8. The van der Waals surface area contributed by atoms with Gasteiger partial charge >= 0.3 is 5.97 Å². The summed E-state index contributed by atoms with van der Waals surface area (Å²) in [5.74, 6) is -0.986. The SMILES string of the molecule is CC(CNC1CC2CCCC(C1)N2C)C(=O)O. The van der Waals surface area contributed by atoms with Crippen LogP contribution in [0.5, 0.6) is 0 Å². The molecule has 17 heavy (non-hydrogen) atoms. The van der Waals surface area contributed by atoms with E-state index < -0.39 is 5.97 Å². The van der Waals surface area contributed by atoms with Crippen LogP contribution in [0.25, 0.3) is 0 Å². The predicted molar refractivity (Wildman–Crippen MR) is 67.0 cm³/mol. The van der Waals surface area contributed by atoms with Gasteiger partial charge in [0.25, 0.3) is 0 Å². The maximum Gasteiger partial charge on any atom is 0.307 e. The van der Waals surface area contributed by atoms with Gasteiger partial charge in [0.2, 0.25) is 0 Å². The second-order valence-electron chi connectivity index (χ2n) is 5.72. The molecule has 3 atom stereocenters. The number of aliphatic carboxylic acids is 1. The fraction of sp³-hybridized carbons (Fsp3) is 0.923. The van der Waals surface area contributed by atoms with Gasteiger partial charge in [-0.25, -0.2) is 0 Å². The highest BCUT2D eigenvalue weighted by Crippen LogP contribution is 2.32. The van der Waals surface area contributed by atoms with Crippen LogP contribution in [0.1, 0.15) is 39.0 Å². The molecular formula is C13H24N2O2. The number of hydrogen-bond acceptors (Lipinski definition) is 3. The average molecular weight is 240 g/mol. The minimum absolute atomic E-state index is 0.283. The number of carboxylic acids is 1. The molecule has 0 aromatic carbocycles. The monoisotopic (exact) mass is 240 g/mol. The second kappa shape index (κ2) is 5.36. The van der Waals surface area contributed by atoms with Gasteiger partial charge in [-0.05, 0) is 32.7 Å². The van der Waals surface area contributed by atoms with Crippen molar-refractivity contribution in [3.63, 3.8) is 0 Å². The fourth-order valence-corrected chi connectivity index (χ4v) is 3.21. The van der Waals surface area contributed by atoms with Gasteiger partial charge in [0.1, 0.15) is 0 Å². The van der Waals surface area contributed by atoms with E-state index in [2.05, 4.69) is 17.3 Å². The van der Waals surface area contributed by atoms with Crippen molar-refractivity contribution < 1.29 is 9.90 Å². The third-order valence-corrected chi connectivity index (χ3v) is 4.47. The summed E-state index contributed by atoms with van der Waals surface area (Å²) in [5, 5.41) is 12.3. The molecule has 0 amide bonds. The van der Waals surface area contributed by atoms with Gasteiger partial charge in [0.05, 0.1) is 5.92 Å². The lowest BCUT2D eigenvalue weighted by Gasteiger charge is -2.47. The van der Waals surface area contributed by atoms with Crippen LogP contribution in [0.3, 0.4) is 0 Å². The summed E-state index contributed by atoms with van der Waals surface area (Å²) in [6.45, 7) is 2.37. The quantitative estimate of drug-likeness (QED) is 0.778. The van der Waals surface area contributed by atoms with Crippen molar-refractivity contribution in [1.82, 2.24) is 10.2 Å². The minimum atomic E-state index is -0.703. The molecule has 2 heterocycles. The van der Waals surface area contributed by atoms with Crippen LogP contribution >= 0.6 is 0 Å². The van der Waals surface area contributed by atoms with Crippen LogP contribution in [0.2, 0.25) is 0 Å². The van der Waals surface area contributed by atoms with Crippen molar-refractivity contribution in [1.29, 1.82) is 0 Å². The van der Waals surface area contributed by atoms with E-state index in [0.29, 0.717) is 24.7 Å². The lowest BCUT2D eigenvalue weighted by atomic mass is 9.82. The van der Waals surface area contributed by atoms with Crippen LogP contribution in [-0.2, 0) is 4.79 Å². The van der Waals surface area contributed by atoms with Crippen molar-refractivity contribution in [3.05, 3.63) is 0 Å². The molecule has 0 aliphatic carbocycles. The number of piperidine rings is 2. The number of carboxylic acid groups (broad SMARTS) is 1. The highest BCUT2D eigenvalue weighted by atomic mass is 16.4. The topological polar surface area (TPSA) is 52.6 Å². The summed E-state index contributed by atoms with van der Waals surface area (Å²) in [6.07, 6.45) is 6.33.